The minimum atomic E-state index is -0.262. The summed E-state index contributed by atoms with van der Waals surface area (Å²) in [4.78, 5) is 12.1. The zero-order valence-electron chi connectivity index (χ0n) is 12.6. The molecule has 2 aromatic carbocycles. The van der Waals surface area contributed by atoms with Crippen molar-refractivity contribution >= 4 is 34.8 Å². The summed E-state index contributed by atoms with van der Waals surface area (Å²) in [7, 11) is 0. The molecule has 0 saturated carbocycles. The van der Waals surface area contributed by atoms with Crippen molar-refractivity contribution in [2.75, 3.05) is 11.9 Å². The fraction of sp³-hybridized carbons (Fsp3) is 0.278. The lowest BCUT2D eigenvalue weighted by Crippen LogP contribution is -2.21. The van der Waals surface area contributed by atoms with Crippen LogP contribution in [0.4, 0.5) is 5.69 Å². The molecule has 0 saturated heterocycles. The summed E-state index contributed by atoms with van der Waals surface area (Å²) in [5.41, 5.74) is 3.04. The number of ether oxygens (including phenoxy) is 1. The second-order valence-corrected chi connectivity index (χ2v) is 6.32. The van der Waals surface area contributed by atoms with Crippen molar-refractivity contribution < 1.29 is 9.53 Å². The number of aryl methyl sites for hydroxylation is 1. The molecule has 23 heavy (non-hydrogen) atoms. The largest absolute Gasteiger partial charge is 0.483 e. The first-order chi connectivity index (χ1) is 11.1. The molecule has 0 aliphatic heterocycles. The van der Waals surface area contributed by atoms with Crippen LogP contribution in [0.5, 0.6) is 5.75 Å². The molecule has 0 atom stereocenters. The third-order valence-electron chi connectivity index (χ3n) is 3.94. The van der Waals surface area contributed by atoms with Gasteiger partial charge in [-0.25, -0.2) is 0 Å². The molecule has 120 valence electrons. The van der Waals surface area contributed by atoms with Crippen molar-refractivity contribution in [3.8, 4) is 5.75 Å². The molecule has 1 N–H and O–H groups in total. The number of hydrogen-bond acceptors (Lipinski definition) is 2. The van der Waals surface area contributed by atoms with Crippen molar-refractivity contribution in [1.29, 1.82) is 0 Å². The molecular formula is C18H17Cl2NO2. The van der Waals surface area contributed by atoms with Gasteiger partial charge in [0.2, 0.25) is 0 Å². The predicted molar refractivity (Wildman–Crippen MR) is 93.7 cm³/mol. The van der Waals surface area contributed by atoms with Crippen LogP contribution in [0.2, 0.25) is 10.0 Å². The molecule has 3 rings (SSSR count). The van der Waals surface area contributed by atoms with E-state index in [0.717, 1.165) is 25.0 Å². The standard InChI is InChI=1S/C18H17Cl2NO2/c19-14-8-4-9-15(18(14)20)21-17(22)11-23-16-10-3-6-12-5-1-2-7-13(12)16/h3-4,6,8-10H,1-2,5,7,11H2,(H,21,22). The fourth-order valence-corrected chi connectivity index (χ4v) is 3.16. The Morgan fingerprint density at radius 1 is 1.09 bits per heavy atom. The molecule has 1 aliphatic rings. The molecule has 1 amide bonds. The number of anilines is 1. The van der Waals surface area contributed by atoms with E-state index in [-0.39, 0.29) is 12.5 Å². The summed E-state index contributed by atoms with van der Waals surface area (Å²) in [6, 6.07) is 11.1. The molecule has 0 bridgehead atoms. The Morgan fingerprint density at radius 2 is 1.87 bits per heavy atom. The Labute approximate surface area is 145 Å². The topological polar surface area (TPSA) is 38.3 Å². The third kappa shape index (κ3) is 3.80. The SMILES string of the molecule is O=C(COc1cccc2c1CCCC2)Nc1cccc(Cl)c1Cl. The van der Waals surface area contributed by atoms with E-state index in [0.29, 0.717) is 15.7 Å². The van der Waals surface area contributed by atoms with E-state index in [1.54, 1.807) is 18.2 Å². The van der Waals surface area contributed by atoms with Crippen LogP contribution in [-0.4, -0.2) is 12.5 Å². The first-order valence-electron chi connectivity index (χ1n) is 7.62. The van der Waals surface area contributed by atoms with Gasteiger partial charge in [-0.1, -0.05) is 41.4 Å². The molecule has 0 radical (unpaired) electrons. The van der Waals surface area contributed by atoms with Gasteiger partial charge in [-0.3, -0.25) is 4.79 Å². The molecule has 2 aromatic rings. The zero-order chi connectivity index (χ0) is 16.2. The Balaban J connectivity index is 1.65. The number of fused-ring (bicyclic) bond motifs is 1. The van der Waals surface area contributed by atoms with E-state index in [1.165, 1.54) is 17.5 Å². The van der Waals surface area contributed by atoms with Gasteiger partial charge in [-0.15, -0.1) is 0 Å². The summed E-state index contributed by atoms with van der Waals surface area (Å²) in [6.07, 6.45) is 4.46. The second-order valence-electron chi connectivity index (χ2n) is 5.54. The fourth-order valence-electron chi connectivity index (χ4n) is 2.81. The first kappa shape index (κ1) is 16.2. The van der Waals surface area contributed by atoms with Crippen LogP contribution in [0.1, 0.15) is 24.0 Å². The lowest BCUT2D eigenvalue weighted by molar-refractivity contribution is -0.118. The van der Waals surface area contributed by atoms with E-state index in [1.807, 2.05) is 12.1 Å². The van der Waals surface area contributed by atoms with Gasteiger partial charge >= 0.3 is 0 Å². The highest BCUT2D eigenvalue weighted by atomic mass is 35.5. The minimum Gasteiger partial charge on any atom is -0.483 e. The smallest absolute Gasteiger partial charge is 0.262 e. The molecule has 0 spiro atoms. The molecule has 3 nitrogen and oxygen atoms in total. The van der Waals surface area contributed by atoms with E-state index in [9.17, 15) is 4.79 Å². The monoisotopic (exact) mass is 349 g/mol. The van der Waals surface area contributed by atoms with E-state index >= 15 is 0 Å². The van der Waals surface area contributed by atoms with Crippen LogP contribution in [0.15, 0.2) is 36.4 Å². The Hall–Kier alpha value is -1.71. The van der Waals surface area contributed by atoms with Crippen LogP contribution in [0, 0.1) is 0 Å². The maximum atomic E-state index is 12.1. The van der Waals surface area contributed by atoms with Gasteiger partial charge in [-0.2, -0.15) is 0 Å². The zero-order valence-corrected chi connectivity index (χ0v) is 14.1. The van der Waals surface area contributed by atoms with E-state index in [4.69, 9.17) is 27.9 Å². The molecule has 1 aliphatic carbocycles. The number of carbonyl (C=O) groups is 1. The number of rotatable bonds is 4. The second kappa shape index (κ2) is 7.24. The van der Waals surface area contributed by atoms with Crippen molar-refractivity contribution in [3.05, 3.63) is 57.6 Å². The number of carbonyl (C=O) groups excluding carboxylic acids is 1. The van der Waals surface area contributed by atoms with Gasteiger partial charge in [-0.05, 0) is 55.0 Å². The normalized spacial score (nSPS) is 13.3. The van der Waals surface area contributed by atoms with Crippen LogP contribution >= 0.6 is 23.2 Å². The highest BCUT2D eigenvalue weighted by Gasteiger charge is 2.15. The van der Waals surface area contributed by atoms with Crippen molar-refractivity contribution in [3.63, 3.8) is 0 Å². The third-order valence-corrected chi connectivity index (χ3v) is 4.76. The average molecular weight is 350 g/mol. The van der Waals surface area contributed by atoms with Gasteiger partial charge in [0.25, 0.3) is 5.91 Å². The van der Waals surface area contributed by atoms with Crippen LogP contribution < -0.4 is 10.1 Å². The summed E-state index contributed by atoms with van der Waals surface area (Å²) in [5, 5.41) is 3.46. The van der Waals surface area contributed by atoms with Gasteiger partial charge in [0.15, 0.2) is 6.61 Å². The minimum absolute atomic E-state index is 0.0563. The predicted octanol–water partition coefficient (Wildman–Crippen LogP) is 4.89. The maximum Gasteiger partial charge on any atom is 0.262 e. The van der Waals surface area contributed by atoms with Crippen molar-refractivity contribution in [2.45, 2.75) is 25.7 Å². The highest BCUT2D eigenvalue weighted by Crippen LogP contribution is 2.30. The van der Waals surface area contributed by atoms with Gasteiger partial charge in [0.1, 0.15) is 5.75 Å². The molecule has 0 fully saturated rings. The van der Waals surface area contributed by atoms with Crippen LogP contribution in [0.25, 0.3) is 0 Å². The van der Waals surface area contributed by atoms with Crippen LogP contribution in [0.3, 0.4) is 0 Å². The lowest BCUT2D eigenvalue weighted by Gasteiger charge is -2.19. The average Bonchev–Trinajstić information content (AvgIpc) is 2.57. The molecule has 0 unspecified atom stereocenters. The summed E-state index contributed by atoms with van der Waals surface area (Å²) < 4.78 is 5.72. The number of nitrogens with one attached hydrogen (secondary N) is 1. The Bertz CT molecular complexity index is 731. The summed E-state index contributed by atoms with van der Waals surface area (Å²) in [5.74, 6) is 0.539. The summed E-state index contributed by atoms with van der Waals surface area (Å²) in [6.45, 7) is -0.0563. The van der Waals surface area contributed by atoms with Crippen LogP contribution in [-0.2, 0) is 17.6 Å². The molecule has 0 aromatic heterocycles. The van der Waals surface area contributed by atoms with Gasteiger partial charge < -0.3 is 10.1 Å². The molecular weight excluding hydrogens is 333 g/mol. The molecule has 5 heteroatoms. The number of hydrogen-bond donors (Lipinski definition) is 1. The Morgan fingerprint density at radius 3 is 2.74 bits per heavy atom. The number of benzene rings is 2. The quantitative estimate of drug-likeness (QED) is 0.853. The lowest BCUT2D eigenvalue weighted by atomic mass is 9.91. The molecule has 0 heterocycles. The first-order valence-corrected chi connectivity index (χ1v) is 8.38. The number of amides is 1. The van der Waals surface area contributed by atoms with E-state index in [2.05, 4.69) is 11.4 Å². The highest BCUT2D eigenvalue weighted by molar-refractivity contribution is 6.43. The van der Waals surface area contributed by atoms with Crippen molar-refractivity contribution in [2.24, 2.45) is 0 Å². The van der Waals surface area contributed by atoms with Crippen molar-refractivity contribution in [1.82, 2.24) is 0 Å². The van der Waals surface area contributed by atoms with Gasteiger partial charge in [0.05, 0.1) is 15.7 Å². The maximum absolute atomic E-state index is 12.1. The Kier molecular flexibility index (Phi) is 5.09. The number of halogens is 2. The van der Waals surface area contributed by atoms with Gasteiger partial charge in [0, 0.05) is 0 Å². The van der Waals surface area contributed by atoms with E-state index < -0.39 is 0 Å². The summed E-state index contributed by atoms with van der Waals surface area (Å²) >= 11 is 12.0.